The topological polar surface area (TPSA) is 112 Å². The van der Waals surface area contributed by atoms with E-state index in [1.54, 1.807) is 6.07 Å². The number of hydrogen-bond acceptors (Lipinski definition) is 6. The lowest BCUT2D eigenvalue weighted by Gasteiger charge is -2.01. The van der Waals surface area contributed by atoms with Crippen LogP contribution in [0.1, 0.15) is 11.1 Å². The van der Waals surface area contributed by atoms with Crippen LogP contribution in [-0.4, -0.2) is 31.4 Å². The fourth-order valence-corrected chi connectivity index (χ4v) is 3.17. The zero-order valence-corrected chi connectivity index (χ0v) is 14.9. The van der Waals surface area contributed by atoms with Crippen molar-refractivity contribution in [3.05, 3.63) is 70.0 Å². The average Bonchev–Trinajstić information content (AvgIpc) is 3.06. The van der Waals surface area contributed by atoms with Gasteiger partial charge in [0.05, 0.1) is 11.8 Å². The molecule has 3 N–H and O–H groups in total. The van der Waals surface area contributed by atoms with Gasteiger partial charge in [-0.3, -0.25) is 4.79 Å². The third kappa shape index (κ3) is 2.77. The Balaban J connectivity index is 1.44. The van der Waals surface area contributed by atoms with E-state index in [0.29, 0.717) is 16.7 Å². The molecule has 0 fully saturated rings. The summed E-state index contributed by atoms with van der Waals surface area (Å²) in [5.41, 5.74) is 7.12. The molecule has 5 rings (SSSR count). The van der Waals surface area contributed by atoms with E-state index in [4.69, 9.17) is 0 Å². The van der Waals surface area contributed by atoms with Crippen LogP contribution >= 0.6 is 0 Å². The van der Waals surface area contributed by atoms with Crippen LogP contribution in [-0.2, 0) is 0 Å². The number of nitrogens with zero attached hydrogens (tertiary/aromatic N) is 4. The first kappa shape index (κ1) is 16.1. The molecular formula is C20H15N7O. The van der Waals surface area contributed by atoms with Gasteiger partial charge in [-0.05, 0) is 36.6 Å². The Hall–Kier alpha value is -4.07. The molecule has 0 amide bonds. The number of anilines is 1. The summed E-state index contributed by atoms with van der Waals surface area (Å²) in [6, 6.07) is 15.5. The van der Waals surface area contributed by atoms with E-state index in [9.17, 15) is 4.79 Å². The van der Waals surface area contributed by atoms with E-state index in [-0.39, 0.29) is 11.5 Å². The number of nitrogens with one attached hydrogen (secondary N) is 3. The number of fused-ring (bicyclic) bond motifs is 4. The highest BCUT2D eigenvalue weighted by atomic mass is 16.1. The van der Waals surface area contributed by atoms with Gasteiger partial charge in [0.2, 0.25) is 0 Å². The van der Waals surface area contributed by atoms with E-state index < -0.39 is 0 Å². The molecule has 0 aliphatic rings. The fourth-order valence-electron chi connectivity index (χ4n) is 3.17. The highest BCUT2D eigenvalue weighted by Crippen LogP contribution is 2.21. The maximum absolute atomic E-state index is 12.2. The van der Waals surface area contributed by atoms with Gasteiger partial charge in [-0.25, -0.2) is 5.43 Å². The lowest BCUT2D eigenvalue weighted by molar-refractivity contribution is 1.01. The first-order valence-electron chi connectivity index (χ1n) is 8.71. The maximum Gasteiger partial charge on any atom is 0.265 e. The van der Waals surface area contributed by atoms with E-state index in [1.165, 1.54) is 6.21 Å². The number of rotatable bonds is 3. The number of benzene rings is 2. The minimum Gasteiger partial charge on any atom is -0.338 e. The van der Waals surface area contributed by atoms with Crippen LogP contribution in [0, 0.1) is 6.92 Å². The molecule has 0 saturated heterocycles. The van der Waals surface area contributed by atoms with Crippen LogP contribution in [0.5, 0.6) is 0 Å². The third-order valence-electron chi connectivity index (χ3n) is 4.52. The van der Waals surface area contributed by atoms with Gasteiger partial charge < -0.3 is 9.97 Å². The van der Waals surface area contributed by atoms with E-state index in [1.807, 2.05) is 49.4 Å². The Kier molecular flexibility index (Phi) is 3.61. The molecule has 0 aliphatic carbocycles. The van der Waals surface area contributed by atoms with Crippen molar-refractivity contribution >= 4 is 45.1 Å². The van der Waals surface area contributed by atoms with Crippen molar-refractivity contribution in [1.82, 2.24) is 25.1 Å². The van der Waals surface area contributed by atoms with Gasteiger partial charge in [-0.15, -0.1) is 10.2 Å². The molecule has 2 aromatic carbocycles. The van der Waals surface area contributed by atoms with Crippen molar-refractivity contribution in [2.75, 3.05) is 5.43 Å². The number of aryl methyl sites for hydroxylation is 1. The largest absolute Gasteiger partial charge is 0.338 e. The molecule has 8 heteroatoms. The van der Waals surface area contributed by atoms with E-state index in [2.05, 4.69) is 35.7 Å². The van der Waals surface area contributed by atoms with Gasteiger partial charge in [0, 0.05) is 16.4 Å². The normalized spacial score (nSPS) is 11.8. The van der Waals surface area contributed by atoms with Gasteiger partial charge in [0.1, 0.15) is 5.52 Å². The lowest BCUT2D eigenvalue weighted by atomic mass is 10.1. The Morgan fingerprint density at radius 3 is 2.86 bits per heavy atom. The van der Waals surface area contributed by atoms with Crippen LogP contribution in [0.25, 0.3) is 33.0 Å². The number of hydrogen-bond donors (Lipinski definition) is 3. The molecule has 0 bridgehead atoms. The van der Waals surface area contributed by atoms with Crippen LogP contribution in [0.2, 0.25) is 0 Å². The molecule has 3 aromatic heterocycles. The van der Waals surface area contributed by atoms with Gasteiger partial charge >= 0.3 is 0 Å². The molecule has 5 aromatic rings. The van der Waals surface area contributed by atoms with Gasteiger partial charge in [-0.2, -0.15) is 10.1 Å². The summed E-state index contributed by atoms with van der Waals surface area (Å²) >= 11 is 0. The summed E-state index contributed by atoms with van der Waals surface area (Å²) in [6.07, 6.45) is 1.44. The Morgan fingerprint density at radius 1 is 1.04 bits per heavy atom. The number of H-pyrrole nitrogens is 2. The second kappa shape index (κ2) is 6.27. The van der Waals surface area contributed by atoms with E-state index >= 15 is 0 Å². The molecular weight excluding hydrogens is 354 g/mol. The van der Waals surface area contributed by atoms with Crippen LogP contribution in [0.4, 0.5) is 5.95 Å². The van der Waals surface area contributed by atoms with Crippen LogP contribution < -0.4 is 11.0 Å². The first-order valence-corrected chi connectivity index (χ1v) is 8.71. The fraction of sp³-hybridized carbons (Fsp3) is 0.0500. The highest BCUT2D eigenvalue weighted by molar-refractivity contribution is 6.03. The summed E-state index contributed by atoms with van der Waals surface area (Å²) in [5, 5.41) is 14.3. The molecule has 8 nitrogen and oxygen atoms in total. The lowest BCUT2D eigenvalue weighted by Crippen LogP contribution is -2.12. The minimum absolute atomic E-state index is 0.216. The standard InChI is InChI=1S/C20H15N7O/c1-11-6-7-15-12(8-11)9-13(19(28)23-15)10-21-26-20-24-18-17(25-27-20)14-4-2-3-5-16(14)22-18/h2-10H,1H3,(H,23,28)(H2,22,24,26,27)/b21-10+. The summed E-state index contributed by atoms with van der Waals surface area (Å²) in [6.45, 7) is 2.00. The smallest absolute Gasteiger partial charge is 0.265 e. The Bertz CT molecular complexity index is 1430. The Labute approximate surface area is 158 Å². The summed E-state index contributed by atoms with van der Waals surface area (Å²) in [7, 11) is 0. The van der Waals surface area contributed by atoms with Crippen LogP contribution in [0.15, 0.2) is 58.4 Å². The van der Waals surface area contributed by atoms with Crippen molar-refractivity contribution in [2.45, 2.75) is 6.92 Å². The summed E-state index contributed by atoms with van der Waals surface area (Å²) < 4.78 is 0. The predicted octanol–water partition coefficient (Wildman–Crippen LogP) is 3.10. The third-order valence-corrected chi connectivity index (χ3v) is 4.52. The molecule has 0 spiro atoms. The van der Waals surface area contributed by atoms with Gasteiger partial charge in [0.25, 0.3) is 11.5 Å². The molecule has 28 heavy (non-hydrogen) atoms. The quantitative estimate of drug-likeness (QED) is 0.334. The molecule has 3 heterocycles. The average molecular weight is 369 g/mol. The highest BCUT2D eigenvalue weighted by Gasteiger charge is 2.08. The van der Waals surface area contributed by atoms with Crippen LogP contribution in [0.3, 0.4) is 0 Å². The van der Waals surface area contributed by atoms with Crippen molar-refractivity contribution in [1.29, 1.82) is 0 Å². The number of aromatic nitrogens is 5. The second-order valence-electron chi connectivity index (χ2n) is 6.52. The monoisotopic (exact) mass is 369 g/mol. The number of hydrazone groups is 1. The number of para-hydroxylation sites is 1. The SMILES string of the molecule is Cc1ccc2[nH]c(=O)c(/C=N/Nc3nnc4c(n3)[nH]c3ccccc34)cc2c1. The summed E-state index contributed by atoms with van der Waals surface area (Å²) in [4.78, 5) is 22.6. The van der Waals surface area contributed by atoms with Gasteiger partial charge in [0.15, 0.2) is 5.65 Å². The summed E-state index contributed by atoms with van der Waals surface area (Å²) in [5.74, 6) is 0.239. The molecule has 0 aliphatic heterocycles. The van der Waals surface area contributed by atoms with Gasteiger partial charge in [-0.1, -0.05) is 29.8 Å². The van der Waals surface area contributed by atoms with Crippen molar-refractivity contribution in [2.24, 2.45) is 5.10 Å². The second-order valence-corrected chi connectivity index (χ2v) is 6.52. The predicted molar refractivity (Wildman–Crippen MR) is 110 cm³/mol. The number of aromatic amines is 2. The molecule has 0 radical (unpaired) electrons. The zero-order chi connectivity index (χ0) is 19.1. The first-order chi connectivity index (χ1) is 13.7. The molecule has 136 valence electrons. The van der Waals surface area contributed by atoms with Crippen molar-refractivity contribution < 1.29 is 0 Å². The Morgan fingerprint density at radius 2 is 1.93 bits per heavy atom. The maximum atomic E-state index is 12.2. The van der Waals surface area contributed by atoms with E-state index in [0.717, 1.165) is 27.4 Å². The molecule has 0 unspecified atom stereocenters. The molecule has 0 atom stereocenters. The zero-order valence-electron chi connectivity index (χ0n) is 14.9. The molecule has 0 saturated carbocycles. The van der Waals surface area contributed by atoms with Crippen molar-refractivity contribution in [3.8, 4) is 0 Å². The van der Waals surface area contributed by atoms with Crippen molar-refractivity contribution in [3.63, 3.8) is 0 Å². The number of pyridine rings is 1. The minimum atomic E-state index is -0.216.